The van der Waals surface area contributed by atoms with Crippen LogP contribution in [-0.4, -0.2) is 12.8 Å². The van der Waals surface area contributed by atoms with E-state index >= 15 is 0 Å². The van der Waals surface area contributed by atoms with Gasteiger partial charge in [-0.05, 0) is 29.8 Å². The molecule has 1 atom stereocenters. The number of ether oxygens (including phenoxy) is 1. The maximum Gasteiger partial charge on any atom is 0.127 e. The summed E-state index contributed by atoms with van der Waals surface area (Å²) in [5.41, 5.74) is 4.47. The Balaban J connectivity index is 1.77. The molecule has 0 saturated carbocycles. The van der Waals surface area contributed by atoms with Crippen molar-refractivity contribution in [3.63, 3.8) is 0 Å². The molecule has 1 aliphatic rings. The summed E-state index contributed by atoms with van der Waals surface area (Å²) in [6, 6.07) is 29.1. The molecule has 0 bridgehead atoms. The highest BCUT2D eigenvalue weighted by Gasteiger charge is 2.30. The average molecular weight is 328 g/mol. The van der Waals surface area contributed by atoms with E-state index in [1.54, 1.807) is 7.11 Å². The lowest BCUT2D eigenvalue weighted by Gasteiger charge is -2.23. The molecule has 0 amide bonds. The number of nitrogens with zero attached hydrogens (tertiary/aromatic N) is 2. The fraction of sp³-hybridized carbons (Fsp3) is 0.136. The summed E-state index contributed by atoms with van der Waals surface area (Å²) in [6.45, 7) is 0. The van der Waals surface area contributed by atoms with E-state index < -0.39 is 0 Å². The normalized spacial score (nSPS) is 16.6. The van der Waals surface area contributed by atoms with Crippen molar-refractivity contribution in [1.29, 1.82) is 0 Å². The first-order chi connectivity index (χ1) is 12.4. The molecule has 0 fully saturated rings. The Hall–Kier alpha value is -3.07. The van der Waals surface area contributed by atoms with E-state index in [9.17, 15) is 0 Å². The minimum atomic E-state index is 0.184. The van der Waals surface area contributed by atoms with Crippen molar-refractivity contribution in [2.75, 3.05) is 12.1 Å². The van der Waals surface area contributed by atoms with Crippen LogP contribution >= 0.6 is 0 Å². The molecule has 3 heteroatoms. The average Bonchev–Trinajstić information content (AvgIpc) is 3.14. The highest BCUT2D eigenvalue weighted by Crippen LogP contribution is 2.37. The summed E-state index contributed by atoms with van der Waals surface area (Å²) in [5.74, 6) is 0.864. The Kier molecular flexibility index (Phi) is 4.21. The van der Waals surface area contributed by atoms with E-state index in [-0.39, 0.29) is 6.04 Å². The molecule has 0 aliphatic carbocycles. The van der Waals surface area contributed by atoms with Gasteiger partial charge in [0.2, 0.25) is 0 Å². The summed E-state index contributed by atoms with van der Waals surface area (Å²) >= 11 is 0. The molecule has 3 nitrogen and oxygen atoms in total. The molecule has 1 heterocycles. The van der Waals surface area contributed by atoms with E-state index in [0.29, 0.717) is 0 Å². The summed E-state index contributed by atoms with van der Waals surface area (Å²) in [7, 11) is 1.71. The Bertz CT molecular complexity index is 875. The van der Waals surface area contributed by atoms with Crippen LogP contribution in [0.5, 0.6) is 5.75 Å². The van der Waals surface area contributed by atoms with Crippen LogP contribution in [0.15, 0.2) is 90.0 Å². The molecule has 124 valence electrons. The highest BCUT2D eigenvalue weighted by molar-refractivity contribution is 6.05. The number of para-hydroxylation sites is 2. The van der Waals surface area contributed by atoms with Crippen molar-refractivity contribution < 1.29 is 4.74 Å². The van der Waals surface area contributed by atoms with Crippen molar-refractivity contribution in [3.8, 4) is 5.75 Å². The third kappa shape index (κ3) is 3.01. The number of hydrogen-bond acceptors (Lipinski definition) is 3. The van der Waals surface area contributed by atoms with Gasteiger partial charge >= 0.3 is 0 Å². The van der Waals surface area contributed by atoms with Gasteiger partial charge in [0.05, 0.1) is 24.6 Å². The van der Waals surface area contributed by atoms with E-state index in [1.165, 1.54) is 5.56 Å². The Labute approximate surface area is 148 Å². The summed E-state index contributed by atoms with van der Waals surface area (Å²) in [4.78, 5) is 0. The van der Waals surface area contributed by atoms with Gasteiger partial charge in [-0.3, -0.25) is 5.01 Å². The number of rotatable bonds is 4. The molecule has 4 rings (SSSR count). The number of hydrogen-bond donors (Lipinski definition) is 0. The maximum atomic E-state index is 5.54. The van der Waals surface area contributed by atoms with Crippen LogP contribution in [0.1, 0.15) is 23.6 Å². The first kappa shape index (κ1) is 15.5. The standard InChI is InChI=1S/C22H20N2O/c1-25-22-15-9-8-14-19(22)20-16-21(17-10-4-2-5-11-17)24(23-20)18-12-6-3-7-13-18/h2-15,21H,16H2,1H3/t21-/m0/s1. The molecule has 0 aromatic heterocycles. The molecular formula is C22H20N2O. The number of benzene rings is 3. The van der Waals surface area contributed by atoms with Crippen molar-refractivity contribution in [2.45, 2.75) is 12.5 Å². The highest BCUT2D eigenvalue weighted by atomic mass is 16.5. The fourth-order valence-corrected chi connectivity index (χ4v) is 3.31. The Morgan fingerprint density at radius 2 is 1.48 bits per heavy atom. The van der Waals surface area contributed by atoms with Gasteiger partial charge in [0.15, 0.2) is 0 Å². The van der Waals surface area contributed by atoms with Crippen LogP contribution in [0.25, 0.3) is 0 Å². The van der Waals surface area contributed by atoms with E-state index in [1.807, 2.05) is 42.5 Å². The van der Waals surface area contributed by atoms with Gasteiger partial charge in [0.25, 0.3) is 0 Å². The summed E-state index contributed by atoms with van der Waals surface area (Å²) in [5, 5.41) is 7.09. The topological polar surface area (TPSA) is 24.8 Å². The molecule has 1 aliphatic heterocycles. The quantitative estimate of drug-likeness (QED) is 0.669. The first-order valence-corrected chi connectivity index (χ1v) is 8.47. The van der Waals surface area contributed by atoms with Crippen LogP contribution in [0, 0.1) is 0 Å². The zero-order valence-corrected chi connectivity index (χ0v) is 14.2. The molecular weight excluding hydrogens is 308 g/mol. The molecule has 0 N–H and O–H groups in total. The van der Waals surface area contributed by atoms with Crippen molar-refractivity contribution >= 4 is 11.4 Å². The molecule has 0 radical (unpaired) electrons. The number of methoxy groups -OCH3 is 1. The van der Waals surface area contributed by atoms with E-state index in [2.05, 4.69) is 47.5 Å². The molecule has 3 aromatic carbocycles. The largest absolute Gasteiger partial charge is 0.496 e. The van der Waals surface area contributed by atoms with E-state index in [4.69, 9.17) is 9.84 Å². The smallest absolute Gasteiger partial charge is 0.127 e. The predicted molar refractivity (Wildman–Crippen MR) is 102 cm³/mol. The number of anilines is 1. The summed E-state index contributed by atoms with van der Waals surface area (Å²) in [6.07, 6.45) is 0.847. The van der Waals surface area contributed by atoms with Crippen molar-refractivity contribution in [3.05, 3.63) is 96.1 Å². The monoisotopic (exact) mass is 328 g/mol. The molecule has 0 spiro atoms. The molecule has 0 saturated heterocycles. The van der Waals surface area contributed by atoms with Crippen LogP contribution in [0.3, 0.4) is 0 Å². The predicted octanol–water partition coefficient (Wildman–Crippen LogP) is 5.05. The van der Waals surface area contributed by atoms with Crippen molar-refractivity contribution in [1.82, 2.24) is 0 Å². The molecule has 0 unspecified atom stereocenters. The van der Waals surface area contributed by atoms with Crippen molar-refractivity contribution in [2.24, 2.45) is 5.10 Å². The second-order valence-electron chi connectivity index (χ2n) is 6.06. The van der Waals surface area contributed by atoms with Gasteiger partial charge in [-0.1, -0.05) is 60.7 Å². The number of hydrazone groups is 1. The maximum absolute atomic E-state index is 5.54. The third-order valence-electron chi connectivity index (χ3n) is 4.53. The Morgan fingerprint density at radius 3 is 2.20 bits per heavy atom. The van der Waals surface area contributed by atoms with Gasteiger partial charge in [-0.25, -0.2) is 0 Å². The van der Waals surface area contributed by atoms with Crippen LogP contribution < -0.4 is 9.75 Å². The Morgan fingerprint density at radius 1 is 0.840 bits per heavy atom. The zero-order chi connectivity index (χ0) is 17.1. The lowest BCUT2D eigenvalue weighted by atomic mass is 9.98. The first-order valence-electron chi connectivity index (χ1n) is 8.47. The minimum Gasteiger partial charge on any atom is -0.496 e. The van der Waals surface area contributed by atoms with E-state index in [0.717, 1.165) is 29.1 Å². The molecule has 25 heavy (non-hydrogen) atoms. The third-order valence-corrected chi connectivity index (χ3v) is 4.53. The SMILES string of the molecule is COc1ccccc1C1=NN(c2ccccc2)[C@H](c2ccccc2)C1. The molecule has 3 aromatic rings. The summed E-state index contributed by atoms with van der Waals surface area (Å²) < 4.78 is 5.54. The van der Waals surface area contributed by atoms with Gasteiger partial charge < -0.3 is 4.74 Å². The zero-order valence-electron chi connectivity index (χ0n) is 14.2. The van der Waals surface area contributed by atoms with Crippen LogP contribution in [0.2, 0.25) is 0 Å². The van der Waals surface area contributed by atoms with Gasteiger partial charge in [0, 0.05) is 12.0 Å². The van der Waals surface area contributed by atoms with Gasteiger partial charge in [0.1, 0.15) is 5.75 Å². The van der Waals surface area contributed by atoms with Gasteiger partial charge in [-0.2, -0.15) is 5.10 Å². The fourth-order valence-electron chi connectivity index (χ4n) is 3.31. The van der Waals surface area contributed by atoms with Crippen LogP contribution in [0.4, 0.5) is 5.69 Å². The van der Waals surface area contributed by atoms with Gasteiger partial charge in [-0.15, -0.1) is 0 Å². The lowest BCUT2D eigenvalue weighted by Crippen LogP contribution is -2.18. The lowest BCUT2D eigenvalue weighted by molar-refractivity contribution is 0.414. The second-order valence-corrected chi connectivity index (χ2v) is 6.06. The van der Waals surface area contributed by atoms with Crippen LogP contribution in [-0.2, 0) is 0 Å². The second kappa shape index (κ2) is 6.81. The minimum absolute atomic E-state index is 0.184.